The molecule has 0 saturated heterocycles. The molecule has 0 aromatic heterocycles. The maximum absolute atomic E-state index is 12.6. The highest BCUT2D eigenvalue weighted by Gasteiger charge is 2.49. The van der Waals surface area contributed by atoms with Gasteiger partial charge in [0.1, 0.15) is 17.8 Å². The number of hydrogen-bond acceptors (Lipinski definition) is 7. The maximum Gasteiger partial charge on any atom is 0.534 e. The van der Waals surface area contributed by atoms with Gasteiger partial charge in [0, 0.05) is 5.56 Å². The van der Waals surface area contributed by atoms with E-state index in [1.54, 1.807) is 24.3 Å². The molecule has 0 spiro atoms. The molecule has 2 aromatic carbocycles. The van der Waals surface area contributed by atoms with E-state index < -0.39 is 39.4 Å². The van der Waals surface area contributed by atoms with E-state index in [4.69, 9.17) is 14.2 Å². The van der Waals surface area contributed by atoms with Crippen molar-refractivity contribution in [1.29, 1.82) is 0 Å². The lowest BCUT2D eigenvalue weighted by Gasteiger charge is -2.19. The molecule has 0 saturated carbocycles. The standard InChI is InChI=1S/C18H15F3O7S/c1-25-14-9-10(7-8-13(14)28-29(23,24)18(19,20)21)16-15(17(22)26-2)11-5-3-4-6-12(11)27-16/h3-9,15-16H,1-2H3/t15-,16+/m1/s1. The molecule has 11 heteroatoms. The van der Waals surface area contributed by atoms with Gasteiger partial charge in [-0.3, -0.25) is 4.79 Å². The van der Waals surface area contributed by atoms with Crippen LogP contribution < -0.4 is 13.7 Å². The smallest absolute Gasteiger partial charge is 0.493 e. The molecule has 156 valence electrons. The van der Waals surface area contributed by atoms with E-state index in [-0.39, 0.29) is 5.75 Å². The van der Waals surface area contributed by atoms with E-state index in [0.717, 1.165) is 13.2 Å². The van der Waals surface area contributed by atoms with Gasteiger partial charge in [0.25, 0.3) is 0 Å². The van der Waals surface area contributed by atoms with E-state index in [1.165, 1.54) is 19.2 Å². The topological polar surface area (TPSA) is 88.1 Å². The minimum absolute atomic E-state index is 0.279. The van der Waals surface area contributed by atoms with Crippen LogP contribution in [0.3, 0.4) is 0 Å². The predicted octanol–water partition coefficient (Wildman–Crippen LogP) is 3.31. The second-order valence-electron chi connectivity index (χ2n) is 5.97. The monoisotopic (exact) mass is 432 g/mol. The van der Waals surface area contributed by atoms with Crippen LogP contribution in [0.2, 0.25) is 0 Å². The number of benzene rings is 2. The van der Waals surface area contributed by atoms with Crippen LogP contribution >= 0.6 is 0 Å². The molecule has 0 N–H and O–H groups in total. The van der Waals surface area contributed by atoms with Gasteiger partial charge in [0.2, 0.25) is 0 Å². The summed E-state index contributed by atoms with van der Waals surface area (Å²) in [5, 5.41) is 0. The maximum atomic E-state index is 12.6. The minimum Gasteiger partial charge on any atom is -0.493 e. The summed E-state index contributed by atoms with van der Waals surface area (Å²) in [6, 6.07) is 10.3. The summed E-state index contributed by atoms with van der Waals surface area (Å²) < 4.78 is 80.1. The van der Waals surface area contributed by atoms with Crippen LogP contribution in [0.15, 0.2) is 42.5 Å². The van der Waals surface area contributed by atoms with Crippen LogP contribution in [-0.2, 0) is 19.6 Å². The van der Waals surface area contributed by atoms with Crippen molar-refractivity contribution in [2.24, 2.45) is 0 Å². The number of para-hydroxylation sites is 1. The summed E-state index contributed by atoms with van der Waals surface area (Å²) in [5.74, 6) is -1.88. The zero-order valence-electron chi connectivity index (χ0n) is 15.1. The van der Waals surface area contributed by atoms with E-state index in [2.05, 4.69) is 4.18 Å². The molecule has 0 aliphatic carbocycles. The van der Waals surface area contributed by atoms with Crippen LogP contribution in [0.1, 0.15) is 23.1 Å². The van der Waals surface area contributed by atoms with Crippen LogP contribution in [0.5, 0.6) is 17.2 Å². The summed E-state index contributed by atoms with van der Waals surface area (Å²) in [4.78, 5) is 12.3. The van der Waals surface area contributed by atoms with Crippen molar-refractivity contribution >= 4 is 16.1 Å². The zero-order chi connectivity index (χ0) is 21.4. The van der Waals surface area contributed by atoms with Crippen molar-refractivity contribution in [2.75, 3.05) is 14.2 Å². The van der Waals surface area contributed by atoms with Crippen molar-refractivity contribution in [3.05, 3.63) is 53.6 Å². The first-order chi connectivity index (χ1) is 13.6. The Hall–Kier alpha value is -2.95. The third-order valence-electron chi connectivity index (χ3n) is 4.27. The van der Waals surface area contributed by atoms with Crippen LogP contribution in [0, 0.1) is 0 Å². The number of halogens is 3. The van der Waals surface area contributed by atoms with Gasteiger partial charge in [0.15, 0.2) is 11.5 Å². The summed E-state index contributed by atoms with van der Waals surface area (Å²) in [5.41, 5.74) is -4.66. The highest BCUT2D eigenvalue weighted by atomic mass is 32.2. The average molecular weight is 432 g/mol. The molecule has 0 bridgehead atoms. The number of carbonyl (C=O) groups excluding carboxylic acids is 1. The van der Waals surface area contributed by atoms with Gasteiger partial charge in [-0.15, -0.1) is 0 Å². The number of carbonyl (C=O) groups is 1. The van der Waals surface area contributed by atoms with Gasteiger partial charge in [-0.25, -0.2) is 0 Å². The molecule has 0 fully saturated rings. The quantitative estimate of drug-likeness (QED) is 0.407. The van der Waals surface area contributed by atoms with Crippen molar-refractivity contribution in [2.45, 2.75) is 17.5 Å². The van der Waals surface area contributed by atoms with Gasteiger partial charge in [-0.1, -0.05) is 24.3 Å². The normalized spacial score (nSPS) is 18.5. The first-order valence-corrected chi connectivity index (χ1v) is 9.52. The fraction of sp³-hybridized carbons (Fsp3) is 0.278. The molecule has 2 atom stereocenters. The molecule has 29 heavy (non-hydrogen) atoms. The SMILES string of the molecule is COC(=O)[C@@H]1c2ccccc2O[C@H]1c1ccc(OS(=O)(=O)C(F)(F)F)c(OC)c1. The average Bonchev–Trinajstić information content (AvgIpc) is 3.06. The Morgan fingerprint density at radius 2 is 1.76 bits per heavy atom. The lowest BCUT2D eigenvalue weighted by Crippen LogP contribution is -2.28. The van der Waals surface area contributed by atoms with Gasteiger partial charge in [-0.2, -0.15) is 21.6 Å². The van der Waals surface area contributed by atoms with E-state index >= 15 is 0 Å². The number of ether oxygens (including phenoxy) is 3. The van der Waals surface area contributed by atoms with Gasteiger partial charge >= 0.3 is 21.6 Å². The van der Waals surface area contributed by atoms with Crippen molar-refractivity contribution in [3.8, 4) is 17.2 Å². The number of rotatable bonds is 5. The molecular formula is C18H15F3O7S. The van der Waals surface area contributed by atoms with Gasteiger partial charge in [-0.05, 0) is 23.8 Å². The molecular weight excluding hydrogens is 417 g/mol. The first kappa shape index (κ1) is 20.8. The second-order valence-corrected chi connectivity index (χ2v) is 7.51. The Bertz CT molecular complexity index is 1030. The Kier molecular flexibility index (Phi) is 5.35. The molecule has 1 heterocycles. The number of hydrogen-bond donors (Lipinski definition) is 0. The van der Waals surface area contributed by atoms with Crippen LogP contribution in [-0.4, -0.2) is 34.1 Å². The Labute approximate surface area is 164 Å². The second kappa shape index (κ2) is 7.47. The van der Waals surface area contributed by atoms with Crippen molar-refractivity contribution in [1.82, 2.24) is 0 Å². The van der Waals surface area contributed by atoms with Crippen molar-refractivity contribution < 1.29 is 44.8 Å². The van der Waals surface area contributed by atoms with Crippen LogP contribution in [0.4, 0.5) is 13.2 Å². The number of alkyl halides is 3. The molecule has 0 radical (unpaired) electrons. The Morgan fingerprint density at radius 3 is 2.38 bits per heavy atom. The van der Waals surface area contributed by atoms with E-state index in [0.29, 0.717) is 16.9 Å². The third kappa shape index (κ3) is 3.82. The number of esters is 1. The van der Waals surface area contributed by atoms with Crippen LogP contribution in [0.25, 0.3) is 0 Å². The fourth-order valence-corrected chi connectivity index (χ4v) is 3.41. The zero-order valence-corrected chi connectivity index (χ0v) is 15.9. The molecule has 1 aliphatic rings. The molecule has 1 aliphatic heterocycles. The molecule has 0 amide bonds. The lowest BCUT2D eigenvalue weighted by molar-refractivity contribution is -0.144. The summed E-state index contributed by atoms with van der Waals surface area (Å²) >= 11 is 0. The highest BCUT2D eigenvalue weighted by molar-refractivity contribution is 7.88. The summed E-state index contributed by atoms with van der Waals surface area (Å²) in [6.07, 6.45) is -0.859. The first-order valence-electron chi connectivity index (χ1n) is 8.11. The van der Waals surface area contributed by atoms with Gasteiger partial charge < -0.3 is 18.4 Å². The van der Waals surface area contributed by atoms with Crippen molar-refractivity contribution in [3.63, 3.8) is 0 Å². The lowest BCUT2D eigenvalue weighted by atomic mass is 9.91. The van der Waals surface area contributed by atoms with E-state index in [1.807, 2.05) is 0 Å². The van der Waals surface area contributed by atoms with Gasteiger partial charge in [0.05, 0.1) is 14.2 Å². The summed E-state index contributed by atoms with van der Waals surface area (Å²) in [6.45, 7) is 0. The molecule has 0 unspecified atom stereocenters. The predicted molar refractivity (Wildman–Crippen MR) is 93.2 cm³/mol. The largest absolute Gasteiger partial charge is 0.534 e. The minimum atomic E-state index is -5.87. The number of methoxy groups -OCH3 is 2. The summed E-state index contributed by atoms with van der Waals surface area (Å²) in [7, 11) is -3.52. The Balaban J connectivity index is 1.99. The Morgan fingerprint density at radius 1 is 1.07 bits per heavy atom. The highest BCUT2D eigenvalue weighted by Crippen LogP contribution is 2.47. The molecule has 2 aromatic rings. The molecule has 7 nitrogen and oxygen atoms in total. The fourth-order valence-electron chi connectivity index (χ4n) is 2.95. The van der Waals surface area contributed by atoms with E-state index in [9.17, 15) is 26.4 Å². The molecule has 3 rings (SSSR count). The number of fused-ring (bicyclic) bond motifs is 1. The third-order valence-corrected chi connectivity index (χ3v) is 5.23.